The second-order valence-corrected chi connectivity index (χ2v) is 6.22. The van der Waals surface area contributed by atoms with E-state index in [2.05, 4.69) is 25.2 Å². The van der Waals surface area contributed by atoms with Crippen LogP contribution in [0, 0.1) is 11.8 Å². The number of aliphatic carboxylic acids is 1. The van der Waals surface area contributed by atoms with Crippen LogP contribution in [0.15, 0.2) is 11.6 Å². The predicted molar refractivity (Wildman–Crippen MR) is 83.2 cm³/mol. The Kier molecular flexibility index (Phi) is 7.26. The maximum Gasteiger partial charge on any atom is 0.317 e. The average Bonchev–Trinajstić information content (AvgIpc) is 2.41. The Morgan fingerprint density at radius 2 is 2.10 bits per heavy atom. The molecule has 1 aliphatic heterocycles. The molecule has 1 atom stereocenters. The van der Waals surface area contributed by atoms with Gasteiger partial charge in [0.1, 0.15) is 0 Å². The molecular formula is C16H28N2O3. The lowest BCUT2D eigenvalue weighted by Gasteiger charge is -2.27. The van der Waals surface area contributed by atoms with E-state index in [9.17, 15) is 9.59 Å². The highest BCUT2D eigenvalue weighted by atomic mass is 16.4. The van der Waals surface area contributed by atoms with Crippen molar-refractivity contribution in [3.05, 3.63) is 11.6 Å². The number of carbonyl (C=O) groups is 2. The van der Waals surface area contributed by atoms with Crippen LogP contribution in [-0.2, 0) is 4.79 Å². The molecule has 0 radical (unpaired) electrons. The zero-order valence-electron chi connectivity index (χ0n) is 13.4. The highest BCUT2D eigenvalue weighted by Gasteiger charge is 2.18. The molecule has 2 amide bonds. The average molecular weight is 296 g/mol. The minimum absolute atomic E-state index is 0.0109. The van der Waals surface area contributed by atoms with Crippen molar-refractivity contribution in [2.24, 2.45) is 11.8 Å². The molecule has 0 aromatic rings. The number of nitrogens with zero attached hydrogens (tertiary/aromatic N) is 1. The highest BCUT2D eigenvalue weighted by molar-refractivity contribution is 5.74. The summed E-state index contributed by atoms with van der Waals surface area (Å²) in [5.41, 5.74) is 1.23. The van der Waals surface area contributed by atoms with Crippen molar-refractivity contribution < 1.29 is 14.7 Å². The van der Waals surface area contributed by atoms with Gasteiger partial charge in [-0.05, 0) is 38.0 Å². The largest absolute Gasteiger partial charge is 0.481 e. The van der Waals surface area contributed by atoms with Gasteiger partial charge in [-0.2, -0.15) is 0 Å². The number of carbonyl (C=O) groups excluding carboxylic acids is 1. The summed E-state index contributed by atoms with van der Waals surface area (Å²) < 4.78 is 0. The van der Waals surface area contributed by atoms with Crippen LogP contribution in [0.1, 0.15) is 46.5 Å². The fraction of sp³-hybridized carbons (Fsp3) is 0.750. The molecule has 0 bridgehead atoms. The summed E-state index contributed by atoms with van der Waals surface area (Å²) in [6, 6.07) is -0.0109. The van der Waals surface area contributed by atoms with Gasteiger partial charge in [-0.3, -0.25) is 4.79 Å². The number of nitrogens with one attached hydrogen (secondary N) is 1. The summed E-state index contributed by atoms with van der Waals surface area (Å²) in [7, 11) is 0. The standard InChI is InChI=1S/C16H28N2O3/c1-12(2)14(6-7-15(19)20)8-9-17-16(21)18-10-4-5-13(3)11-18/h5,12,14H,4,6-11H2,1-3H3,(H,17,21)(H,19,20). The Hall–Kier alpha value is -1.52. The van der Waals surface area contributed by atoms with Gasteiger partial charge in [0.05, 0.1) is 0 Å². The van der Waals surface area contributed by atoms with Crippen LogP contribution in [0.5, 0.6) is 0 Å². The number of carboxylic acid groups (broad SMARTS) is 1. The summed E-state index contributed by atoms with van der Waals surface area (Å²) >= 11 is 0. The third-order valence-electron chi connectivity index (χ3n) is 4.08. The molecule has 5 heteroatoms. The molecular weight excluding hydrogens is 268 g/mol. The van der Waals surface area contributed by atoms with Crippen molar-refractivity contribution in [2.45, 2.75) is 46.5 Å². The first-order valence-corrected chi connectivity index (χ1v) is 7.80. The maximum atomic E-state index is 12.1. The van der Waals surface area contributed by atoms with Crippen molar-refractivity contribution >= 4 is 12.0 Å². The highest BCUT2D eigenvalue weighted by Crippen LogP contribution is 2.20. The first kappa shape index (κ1) is 17.5. The molecule has 120 valence electrons. The van der Waals surface area contributed by atoms with E-state index >= 15 is 0 Å². The molecule has 2 N–H and O–H groups in total. The summed E-state index contributed by atoms with van der Waals surface area (Å²) in [6.07, 6.45) is 4.80. The molecule has 21 heavy (non-hydrogen) atoms. The molecule has 1 rings (SSSR count). The summed E-state index contributed by atoms with van der Waals surface area (Å²) in [6.45, 7) is 8.34. The molecule has 0 fully saturated rings. The van der Waals surface area contributed by atoms with Gasteiger partial charge < -0.3 is 15.3 Å². The van der Waals surface area contributed by atoms with E-state index < -0.39 is 5.97 Å². The van der Waals surface area contributed by atoms with Crippen LogP contribution in [-0.4, -0.2) is 41.6 Å². The quantitative estimate of drug-likeness (QED) is 0.710. The Morgan fingerprint density at radius 3 is 2.67 bits per heavy atom. The van der Waals surface area contributed by atoms with E-state index in [0.717, 1.165) is 19.4 Å². The van der Waals surface area contributed by atoms with Crippen LogP contribution in [0.2, 0.25) is 0 Å². The van der Waals surface area contributed by atoms with Gasteiger partial charge in [-0.1, -0.05) is 25.5 Å². The van der Waals surface area contributed by atoms with Gasteiger partial charge in [0.15, 0.2) is 0 Å². The summed E-state index contributed by atoms with van der Waals surface area (Å²) in [5, 5.41) is 11.7. The molecule has 0 aromatic heterocycles. The molecule has 0 aliphatic carbocycles. The van der Waals surface area contributed by atoms with E-state index in [1.54, 1.807) is 0 Å². The normalized spacial score (nSPS) is 16.6. The third-order valence-corrected chi connectivity index (χ3v) is 4.08. The van der Waals surface area contributed by atoms with Crippen LogP contribution < -0.4 is 5.32 Å². The minimum atomic E-state index is -0.750. The van der Waals surface area contributed by atoms with Crippen molar-refractivity contribution in [3.63, 3.8) is 0 Å². The van der Waals surface area contributed by atoms with Crippen LogP contribution in [0.4, 0.5) is 4.79 Å². The maximum absolute atomic E-state index is 12.1. The van der Waals surface area contributed by atoms with E-state index in [0.29, 0.717) is 31.3 Å². The number of carboxylic acids is 1. The smallest absolute Gasteiger partial charge is 0.317 e. The van der Waals surface area contributed by atoms with E-state index in [4.69, 9.17) is 5.11 Å². The van der Waals surface area contributed by atoms with Crippen molar-refractivity contribution in [1.29, 1.82) is 0 Å². The second-order valence-electron chi connectivity index (χ2n) is 6.22. The second kappa shape index (κ2) is 8.70. The lowest BCUT2D eigenvalue weighted by molar-refractivity contribution is -0.137. The van der Waals surface area contributed by atoms with Gasteiger partial charge in [-0.15, -0.1) is 0 Å². The number of hydrogen-bond donors (Lipinski definition) is 2. The molecule has 1 unspecified atom stereocenters. The number of urea groups is 1. The molecule has 1 aliphatic rings. The topological polar surface area (TPSA) is 69.6 Å². The van der Waals surface area contributed by atoms with Gasteiger partial charge >= 0.3 is 12.0 Å². The zero-order chi connectivity index (χ0) is 15.8. The first-order chi connectivity index (χ1) is 9.90. The molecule has 1 heterocycles. The minimum Gasteiger partial charge on any atom is -0.481 e. The number of hydrogen-bond acceptors (Lipinski definition) is 2. The van der Waals surface area contributed by atoms with Crippen LogP contribution in [0.3, 0.4) is 0 Å². The van der Waals surface area contributed by atoms with Crippen molar-refractivity contribution in [2.75, 3.05) is 19.6 Å². The molecule has 0 spiro atoms. The Bertz CT molecular complexity index is 391. The Morgan fingerprint density at radius 1 is 1.38 bits per heavy atom. The summed E-state index contributed by atoms with van der Waals surface area (Å²) in [5.74, 6) is 0.0195. The van der Waals surface area contributed by atoms with Gasteiger partial charge in [0, 0.05) is 26.1 Å². The zero-order valence-corrected chi connectivity index (χ0v) is 13.4. The number of amides is 2. The Labute approximate surface area is 127 Å². The fourth-order valence-corrected chi connectivity index (χ4v) is 2.68. The van der Waals surface area contributed by atoms with Crippen LogP contribution >= 0.6 is 0 Å². The number of rotatable bonds is 7. The van der Waals surface area contributed by atoms with Gasteiger partial charge in [0.25, 0.3) is 0 Å². The van der Waals surface area contributed by atoms with Crippen LogP contribution in [0.25, 0.3) is 0 Å². The monoisotopic (exact) mass is 296 g/mol. The molecule has 0 saturated carbocycles. The molecule has 0 saturated heterocycles. The van der Waals surface area contributed by atoms with E-state index in [-0.39, 0.29) is 12.5 Å². The van der Waals surface area contributed by atoms with Gasteiger partial charge in [-0.25, -0.2) is 4.79 Å². The van der Waals surface area contributed by atoms with Gasteiger partial charge in [0.2, 0.25) is 0 Å². The Balaban J connectivity index is 2.31. The predicted octanol–water partition coefficient (Wildman–Crippen LogP) is 2.88. The molecule has 0 aromatic carbocycles. The lowest BCUT2D eigenvalue weighted by atomic mass is 9.88. The SMILES string of the molecule is CC1=CCCN(C(=O)NCCC(CCC(=O)O)C(C)C)C1. The molecule has 5 nitrogen and oxygen atoms in total. The summed E-state index contributed by atoms with van der Waals surface area (Å²) in [4.78, 5) is 24.5. The fourth-order valence-electron chi connectivity index (χ4n) is 2.68. The van der Waals surface area contributed by atoms with Crippen molar-refractivity contribution in [3.8, 4) is 0 Å². The lowest BCUT2D eigenvalue weighted by Crippen LogP contribution is -2.43. The van der Waals surface area contributed by atoms with Crippen molar-refractivity contribution in [1.82, 2.24) is 10.2 Å². The van der Waals surface area contributed by atoms with E-state index in [1.807, 2.05) is 11.8 Å². The first-order valence-electron chi connectivity index (χ1n) is 7.80. The third kappa shape index (κ3) is 6.65. The van der Waals surface area contributed by atoms with E-state index in [1.165, 1.54) is 5.57 Å².